The summed E-state index contributed by atoms with van der Waals surface area (Å²) in [6.07, 6.45) is 3.30. The van der Waals surface area contributed by atoms with Crippen molar-refractivity contribution in [3.8, 4) is 0 Å². The highest BCUT2D eigenvalue weighted by Gasteiger charge is 2.23. The van der Waals surface area contributed by atoms with Gasteiger partial charge in [-0.2, -0.15) is 11.8 Å². The Morgan fingerprint density at radius 2 is 2.05 bits per heavy atom. The molecule has 2 N–H and O–H groups in total. The van der Waals surface area contributed by atoms with Crippen LogP contribution in [0.15, 0.2) is 0 Å². The molecule has 2 amide bonds. The Balaban J connectivity index is 2.48. The van der Waals surface area contributed by atoms with E-state index in [9.17, 15) is 9.59 Å². The highest BCUT2D eigenvalue weighted by atomic mass is 32.2. The van der Waals surface area contributed by atoms with E-state index in [-0.39, 0.29) is 6.03 Å². The number of rotatable bonds is 5. The number of thioether (sulfide) groups is 1. The molecule has 1 aliphatic rings. The van der Waals surface area contributed by atoms with E-state index in [4.69, 9.17) is 5.11 Å². The van der Waals surface area contributed by atoms with E-state index in [1.54, 1.807) is 16.7 Å². The van der Waals surface area contributed by atoms with E-state index in [0.29, 0.717) is 19.5 Å². The molecule has 6 nitrogen and oxygen atoms in total. The number of likely N-dealkylation sites (N-methyl/N-ethyl adjacent to an activating group) is 1. The zero-order valence-corrected chi connectivity index (χ0v) is 12.4. The van der Waals surface area contributed by atoms with E-state index >= 15 is 0 Å². The lowest BCUT2D eigenvalue weighted by atomic mass is 10.2. The molecule has 110 valence electrons. The molecular weight excluding hydrogens is 266 g/mol. The first-order valence-corrected chi connectivity index (χ1v) is 7.89. The second-order valence-electron chi connectivity index (χ2n) is 4.77. The van der Waals surface area contributed by atoms with Gasteiger partial charge in [0, 0.05) is 19.6 Å². The molecule has 0 radical (unpaired) electrons. The maximum Gasteiger partial charge on any atom is 0.326 e. The van der Waals surface area contributed by atoms with Crippen LogP contribution in [0.1, 0.15) is 12.8 Å². The van der Waals surface area contributed by atoms with E-state index in [1.807, 2.05) is 13.3 Å². The van der Waals surface area contributed by atoms with Gasteiger partial charge in [-0.15, -0.1) is 0 Å². The molecule has 0 aromatic rings. The summed E-state index contributed by atoms with van der Waals surface area (Å²) in [6, 6.07) is -1.05. The monoisotopic (exact) mass is 289 g/mol. The number of carboxylic acid groups (broad SMARTS) is 1. The highest BCUT2D eigenvalue weighted by Crippen LogP contribution is 2.05. The summed E-state index contributed by atoms with van der Waals surface area (Å²) >= 11 is 1.58. The first-order chi connectivity index (χ1) is 9.04. The van der Waals surface area contributed by atoms with Crippen LogP contribution in [-0.4, -0.2) is 78.2 Å². The molecule has 0 spiro atoms. The predicted octanol–water partition coefficient (Wildman–Crippen LogP) is 0.540. The van der Waals surface area contributed by atoms with Crippen LogP contribution in [-0.2, 0) is 4.79 Å². The predicted molar refractivity (Wildman–Crippen MR) is 76.6 cm³/mol. The van der Waals surface area contributed by atoms with Crippen LogP contribution in [0.3, 0.4) is 0 Å². The first kappa shape index (κ1) is 16.1. The largest absolute Gasteiger partial charge is 0.480 e. The van der Waals surface area contributed by atoms with Crippen LogP contribution in [0, 0.1) is 0 Å². The van der Waals surface area contributed by atoms with E-state index in [2.05, 4.69) is 10.2 Å². The summed E-state index contributed by atoms with van der Waals surface area (Å²) < 4.78 is 0. The summed E-state index contributed by atoms with van der Waals surface area (Å²) in [5.74, 6) is -0.241. The van der Waals surface area contributed by atoms with Crippen molar-refractivity contribution in [1.29, 1.82) is 0 Å². The van der Waals surface area contributed by atoms with Gasteiger partial charge in [-0.25, -0.2) is 9.59 Å². The minimum absolute atomic E-state index is 0.260. The van der Waals surface area contributed by atoms with Gasteiger partial charge in [0.15, 0.2) is 0 Å². The topological polar surface area (TPSA) is 72.9 Å². The molecule has 1 atom stereocenters. The molecule has 1 heterocycles. The number of carboxylic acids is 1. The SMILES string of the molecule is CSCCC(NC(=O)N1CCCN(C)CC1)C(=O)O. The molecule has 0 aromatic heterocycles. The van der Waals surface area contributed by atoms with E-state index < -0.39 is 12.0 Å². The Hall–Kier alpha value is -0.950. The zero-order chi connectivity index (χ0) is 14.3. The quantitative estimate of drug-likeness (QED) is 0.773. The summed E-state index contributed by atoms with van der Waals surface area (Å²) in [7, 11) is 2.03. The molecule has 19 heavy (non-hydrogen) atoms. The maximum atomic E-state index is 12.1. The van der Waals surface area contributed by atoms with Crippen molar-refractivity contribution in [1.82, 2.24) is 15.1 Å². The summed E-state index contributed by atoms with van der Waals surface area (Å²) in [5, 5.41) is 11.7. The smallest absolute Gasteiger partial charge is 0.326 e. The van der Waals surface area contributed by atoms with Crippen LogP contribution < -0.4 is 5.32 Å². The number of hydrogen-bond donors (Lipinski definition) is 2. The van der Waals surface area contributed by atoms with Gasteiger partial charge in [-0.1, -0.05) is 0 Å². The first-order valence-electron chi connectivity index (χ1n) is 6.50. The molecule has 7 heteroatoms. The highest BCUT2D eigenvalue weighted by molar-refractivity contribution is 7.98. The third kappa shape index (κ3) is 5.69. The molecule has 0 bridgehead atoms. The molecule has 1 saturated heterocycles. The molecule has 0 saturated carbocycles. The second-order valence-corrected chi connectivity index (χ2v) is 5.75. The van der Waals surface area contributed by atoms with Crippen molar-refractivity contribution < 1.29 is 14.7 Å². The van der Waals surface area contributed by atoms with Gasteiger partial charge in [-0.05, 0) is 38.4 Å². The number of amides is 2. The minimum atomic E-state index is -0.964. The zero-order valence-electron chi connectivity index (χ0n) is 11.6. The fourth-order valence-corrected chi connectivity index (χ4v) is 2.45. The molecule has 0 aromatic carbocycles. The fraction of sp³-hybridized carbons (Fsp3) is 0.833. The lowest BCUT2D eigenvalue weighted by molar-refractivity contribution is -0.139. The number of carbonyl (C=O) groups is 2. The lowest BCUT2D eigenvalue weighted by Gasteiger charge is -2.23. The van der Waals surface area contributed by atoms with Crippen LogP contribution in [0.25, 0.3) is 0 Å². The lowest BCUT2D eigenvalue weighted by Crippen LogP contribution is -2.49. The van der Waals surface area contributed by atoms with Gasteiger partial charge < -0.3 is 20.2 Å². The molecular formula is C12H23N3O3S. The normalized spacial score (nSPS) is 18.7. The van der Waals surface area contributed by atoms with Crippen molar-refractivity contribution >= 4 is 23.8 Å². The van der Waals surface area contributed by atoms with Crippen LogP contribution >= 0.6 is 11.8 Å². The third-order valence-corrected chi connectivity index (χ3v) is 3.86. The number of nitrogens with zero attached hydrogens (tertiary/aromatic N) is 2. The standard InChI is InChI=1S/C12H23N3O3S/c1-14-5-3-6-15(8-7-14)12(18)13-10(11(16)17)4-9-19-2/h10H,3-9H2,1-2H3,(H,13,18)(H,16,17). The fourth-order valence-electron chi connectivity index (χ4n) is 1.98. The average molecular weight is 289 g/mol. The molecule has 1 rings (SSSR count). The van der Waals surface area contributed by atoms with Crippen molar-refractivity contribution in [2.24, 2.45) is 0 Å². The number of carbonyl (C=O) groups excluding carboxylic acids is 1. The van der Waals surface area contributed by atoms with Gasteiger partial charge in [0.25, 0.3) is 0 Å². The van der Waals surface area contributed by atoms with Crippen molar-refractivity contribution in [2.45, 2.75) is 18.9 Å². The van der Waals surface area contributed by atoms with Crippen molar-refractivity contribution in [3.63, 3.8) is 0 Å². The number of aliphatic carboxylic acids is 1. The van der Waals surface area contributed by atoms with Gasteiger partial charge >= 0.3 is 12.0 Å². The van der Waals surface area contributed by atoms with Gasteiger partial charge in [0.2, 0.25) is 0 Å². The molecule has 1 fully saturated rings. The van der Waals surface area contributed by atoms with Crippen molar-refractivity contribution in [2.75, 3.05) is 45.2 Å². The second kappa shape index (κ2) is 8.27. The van der Waals surface area contributed by atoms with E-state index in [0.717, 1.165) is 25.3 Å². The number of nitrogens with one attached hydrogen (secondary N) is 1. The Kier molecular flexibility index (Phi) is 7.01. The van der Waals surface area contributed by atoms with Crippen molar-refractivity contribution in [3.05, 3.63) is 0 Å². The van der Waals surface area contributed by atoms with Gasteiger partial charge in [-0.3, -0.25) is 0 Å². The average Bonchev–Trinajstić information content (AvgIpc) is 2.58. The Morgan fingerprint density at radius 3 is 2.68 bits per heavy atom. The summed E-state index contributed by atoms with van der Waals surface area (Å²) in [4.78, 5) is 27.0. The Labute approximate surface area is 118 Å². The molecule has 1 aliphatic heterocycles. The summed E-state index contributed by atoms with van der Waals surface area (Å²) in [5.41, 5.74) is 0. The minimum Gasteiger partial charge on any atom is -0.480 e. The van der Waals surface area contributed by atoms with E-state index in [1.165, 1.54) is 0 Å². The molecule has 1 unspecified atom stereocenters. The Morgan fingerprint density at radius 1 is 1.32 bits per heavy atom. The van der Waals surface area contributed by atoms with Gasteiger partial charge in [0.1, 0.15) is 6.04 Å². The van der Waals surface area contributed by atoms with Crippen LogP contribution in [0.5, 0.6) is 0 Å². The Bertz CT molecular complexity index is 315. The summed E-state index contributed by atoms with van der Waals surface area (Å²) in [6.45, 7) is 3.14. The number of urea groups is 1. The van der Waals surface area contributed by atoms with Crippen LogP contribution in [0.4, 0.5) is 4.79 Å². The van der Waals surface area contributed by atoms with Crippen LogP contribution in [0.2, 0.25) is 0 Å². The van der Waals surface area contributed by atoms with Gasteiger partial charge in [0.05, 0.1) is 0 Å². The number of hydrogen-bond acceptors (Lipinski definition) is 4. The third-order valence-electron chi connectivity index (χ3n) is 3.21. The maximum absolute atomic E-state index is 12.1. The molecule has 0 aliphatic carbocycles.